The zero-order valence-corrected chi connectivity index (χ0v) is 18.1. The van der Waals surface area contributed by atoms with Gasteiger partial charge in [-0.1, -0.05) is 25.4 Å². The maximum atomic E-state index is 13.0. The molecule has 1 aliphatic heterocycles. The fourth-order valence-electron chi connectivity index (χ4n) is 3.59. The van der Waals surface area contributed by atoms with Crippen molar-refractivity contribution in [2.45, 2.75) is 19.9 Å². The van der Waals surface area contributed by atoms with Crippen molar-refractivity contribution < 1.29 is 24.2 Å². The van der Waals surface area contributed by atoms with E-state index in [1.54, 1.807) is 49.6 Å². The summed E-state index contributed by atoms with van der Waals surface area (Å²) in [7, 11) is 3.05. The van der Waals surface area contributed by atoms with Gasteiger partial charge in [0.25, 0.3) is 11.7 Å². The molecule has 0 aromatic heterocycles. The smallest absolute Gasteiger partial charge is 0.295 e. The highest BCUT2D eigenvalue weighted by Crippen LogP contribution is 2.44. The number of ether oxygens (including phenoxy) is 2. The number of hydrogen-bond donors (Lipinski definition) is 1. The van der Waals surface area contributed by atoms with Crippen LogP contribution in [0.5, 0.6) is 11.5 Å². The number of aliphatic hydroxyl groups excluding tert-OH is 1. The molecule has 158 valence electrons. The molecule has 0 aliphatic carbocycles. The number of nitrogens with zero attached hydrogens (tertiary/aromatic N) is 1. The number of ketones is 1. The van der Waals surface area contributed by atoms with Crippen molar-refractivity contribution in [3.05, 3.63) is 64.2 Å². The number of rotatable bonds is 6. The van der Waals surface area contributed by atoms with Crippen molar-refractivity contribution in [2.75, 3.05) is 20.8 Å². The van der Waals surface area contributed by atoms with Crippen molar-refractivity contribution in [3.8, 4) is 11.5 Å². The molecule has 1 N–H and O–H groups in total. The molecule has 1 unspecified atom stereocenters. The molecule has 0 saturated carbocycles. The lowest BCUT2D eigenvalue weighted by molar-refractivity contribution is -0.140. The maximum absolute atomic E-state index is 13.0. The van der Waals surface area contributed by atoms with Crippen LogP contribution in [0.1, 0.15) is 31.0 Å². The minimum absolute atomic E-state index is 0.0199. The molecule has 7 heteroatoms. The third-order valence-corrected chi connectivity index (χ3v) is 5.21. The van der Waals surface area contributed by atoms with Crippen LogP contribution in [0, 0.1) is 5.92 Å². The minimum atomic E-state index is -0.788. The predicted molar refractivity (Wildman–Crippen MR) is 115 cm³/mol. The zero-order chi connectivity index (χ0) is 22.0. The molecule has 1 atom stereocenters. The van der Waals surface area contributed by atoms with E-state index in [4.69, 9.17) is 21.1 Å². The molecule has 0 radical (unpaired) electrons. The first-order valence-corrected chi connectivity index (χ1v) is 9.92. The van der Waals surface area contributed by atoms with Crippen LogP contribution < -0.4 is 9.47 Å². The van der Waals surface area contributed by atoms with Crippen LogP contribution in [-0.2, 0) is 9.59 Å². The quantitative estimate of drug-likeness (QED) is 0.417. The van der Waals surface area contributed by atoms with Gasteiger partial charge in [-0.2, -0.15) is 0 Å². The summed E-state index contributed by atoms with van der Waals surface area (Å²) >= 11 is 5.95. The Hall–Kier alpha value is -2.99. The molecule has 1 amide bonds. The molecule has 2 aromatic carbocycles. The summed E-state index contributed by atoms with van der Waals surface area (Å²) in [5.74, 6) is -0.483. The third-order valence-electron chi connectivity index (χ3n) is 4.95. The van der Waals surface area contributed by atoms with Crippen LogP contribution >= 0.6 is 11.6 Å². The van der Waals surface area contributed by atoms with Gasteiger partial charge in [0.15, 0.2) is 0 Å². The van der Waals surface area contributed by atoms with Crippen molar-refractivity contribution in [2.24, 2.45) is 5.92 Å². The predicted octanol–water partition coefficient (Wildman–Crippen LogP) is 4.43. The summed E-state index contributed by atoms with van der Waals surface area (Å²) in [6.07, 6.45) is 0. The highest BCUT2D eigenvalue weighted by Gasteiger charge is 2.47. The lowest BCUT2D eigenvalue weighted by atomic mass is 9.94. The average Bonchev–Trinajstić information content (AvgIpc) is 2.97. The number of aliphatic hydroxyl groups is 1. The first-order chi connectivity index (χ1) is 14.3. The van der Waals surface area contributed by atoms with E-state index in [-0.39, 0.29) is 17.3 Å². The number of halogens is 1. The van der Waals surface area contributed by atoms with E-state index in [2.05, 4.69) is 0 Å². The summed E-state index contributed by atoms with van der Waals surface area (Å²) in [6, 6.07) is 10.8. The molecule has 1 saturated heterocycles. The molecular weight excluding hydrogens is 406 g/mol. The van der Waals surface area contributed by atoms with Gasteiger partial charge in [-0.3, -0.25) is 9.59 Å². The SMILES string of the molecule is COc1ccc(C2/C(=C(/O)c3ccc(Cl)cc3)C(=O)C(=O)N2CC(C)C)c(OC)c1. The van der Waals surface area contributed by atoms with Gasteiger partial charge >= 0.3 is 0 Å². The number of benzene rings is 2. The standard InChI is InChI=1S/C23H24ClNO5/c1-13(2)12-25-20(17-10-9-16(29-3)11-18(17)30-4)19(22(27)23(25)28)21(26)14-5-7-15(24)8-6-14/h5-11,13,20,26H,12H2,1-4H3/b21-19-. The van der Waals surface area contributed by atoms with Crippen LogP contribution in [0.3, 0.4) is 0 Å². The second-order valence-electron chi connectivity index (χ2n) is 7.46. The fraction of sp³-hybridized carbons (Fsp3) is 0.304. The summed E-state index contributed by atoms with van der Waals surface area (Å²) in [5, 5.41) is 11.5. The summed E-state index contributed by atoms with van der Waals surface area (Å²) < 4.78 is 10.8. The van der Waals surface area contributed by atoms with Crippen LogP contribution in [0.25, 0.3) is 5.76 Å². The lowest BCUT2D eigenvalue weighted by Gasteiger charge is -2.28. The number of likely N-dealkylation sites (tertiary alicyclic amines) is 1. The average molecular weight is 430 g/mol. The third kappa shape index (κ3) is 4.00. The van der Waals surface area contributed by atoms with Gasteiger partial charge in [0.2, 0.25) is 0 Å². The molecular formula is C23H24ClNO5. The second-order valence-corrected chi connectivity index (χ2v) is 7.90. The Morgan fingerprint density at radius 2 is 1.77 bits per heavy atom. The van der Waals surface area contributed by atoms with Crippen LogP contribution in [-0.4, -0.2) is 42.5 Å². The first kappa shape index (κ1) is 21.7. The Morgan fingerprint density at radius 1 is 1.10 bits per heavy atom. The Balaban J connectivity index is 2.24. The fourth-order valence-corrected chi connectivity index (χ4v) is 3.72. The van der Waals surface area contributed by atoms with E-state index in [9.17, 15) is 14.7 Å². The number of amides is 1. The Morgan fingerprint density at radius 3 is 2.33 bits per heavy atom. The van der Waals surface area contributed by atoms with Crippen molar-refractivity contribution in [1.29, 1.82) is 0 Å². The van der Waals surface area contributed by atoms with Crippen molar-refractivity contribution in [3.63, 3.8) is 0 Å². The summed E-state index contributed by atoms with van der Waals surface area (Å²) in [6.45, 7) is 4.27. The molecule has 0 spiro atoms. The van der Waals surface area contributed by atoms with E-state index in [0.29, 0.717) is 34.2 Å². The van der Waals surface area contributed by atoms with Gasteiger partial charge in [0.05, 0.1) is 25.8 Å². The first-order valence-electron chi connectivity index (χ1n) is 9.54. The van der Waals surface area contributed by atoms with Gasteiger partial charge in [0.1, 0.15) is 17.3 Å². The zero-order valence-electron chi connectivity index (χ0n) is 17.3. The Kier molecular flexibility index (Phi) is 6.37. The van der Waals surface area contributed by atoms with Gasteiger partial charge in [-0.15, -0.1) is 0 Å². The number of hydrogen-bond acceptors (Lipinski definition) is 5. The molecule has 1 heterocycles. The highest BCUT2D eigenvalue weighted by molar-refractivity contribution is 6.46. The maximum Gasteiger partial charge on any atom is 0.295 e. The summed E-state index contributed by atoms with van der Waals surface area (Å²) in [4.78, 5) is 27.4. The molecule has 2 aromatic rings. The van der Waals surface area contributed by atoms with E-state index in [1.165, 1.54) is 12.0 Å². The van der Waals surface area contributed by atoms with Crippen LogP contribution in [0.2, 0.25) is 5.02 Å². The topological polar surface area (TPSA) is 76.1 Å². The number of methoxy groups -OCH3 is 2. The van der Waals surface area contributed by atoms with Crippen molar-refractivity contribution >= 4 is 29.1 Å². The van der Waals surface area contributed by atoms with E-state index < -0.39 is 17.7 Å². The number of carbonyl (C=O) groups is 2. The minimum Gasteiger partial charge on any atom is -0.507 e. The normalized spacial score (nSPS) is 18.2. The van der Waals surface area contributed by atoms with E-state index in [0.717, 1.165) is 0 Å². The highest BCUT2D eigenvalue weighted by atomic mass is 35.5. The number of carbonyl (C=O) groups excluding carboxylic acids is 2. The Labute approximate surface area is 180 Å². The van der Waals surface area contributed by atoms with Gasteiger partial charge in [-0.05, 0) is 42.3 Å². The van der Waals surface area contributed by atoms with Gasteiger partial charge in [0, 0.05) is 28.8 Å². The van der Waals surface area contributed by atoms with E-state index in [1.807, 2.05) is 13.8 Å². The molecule has 3 rings (SSSR count). The van der Waals surface area contributed by atoms with Crippen LogP contribution in [0.4, 0.5) is 0 Å². The lowest BCUT2D eigenvalue weighted by Crippen LogP contribution is -2.33. The van der Waals surface area contributed by atoms with Crippen LogP contribution in [0.15, 0.2) is 48.0 Å². The summed E-state index contributed by atoms with van der Waals surface area (Å²) in [5.41, 5.74) is 1.01. The Bertz CT molecular complexity index is 997. The van der Waals surface area contributed by atoms with E-state index >= 15 is 0 Å². The van der Waals surface area contributed by atoms with Crippen molar-refractivity contribution in [1.82, 2.24) is 4.90 Å². The molecule has 0 bridgehead atoms. The second kappa shape index (κ2) is 8.79. The number of Topliss-reactive ketones (excluding diaryl/α,β-unsaturated/α-hetero) is 1. The van der Waals surface area contributed by atoms with Gasteiger partial charge in [-0.25, -0.2) is 0 Å². The largest absolute Gasteiger partial charge is 0.507 e. The molecule has 30 heavy (non-hydrogen) atoms. The monoisotopic (exact) mass is 429 g/mol. The molecule has 1 fully saturated rings. The van der Waals surface area contributed by atoms with Gasteiger partial charge < -0.3 is 19.5 Å². The molecule has 6 nitrogen and oxygen atoms in total. The molecule has 1 aliphatic rings.